The summed E-state index contributed by atoms with van der Waals surface area (Å²) in [7, 11) is 0. The molecule has 2 aromatic rings. The van der Waals surface area contributed by atoms with Crippen molar-refractivity contribution in [3.8, 4) is 11.4 Å². The number of hydrogen-bond donors (Lipinski definition) is 2. The standard InChI is InChI=1S/C16H20N6O.ClH/c1-10(12-8-17-9-12)16(23)18-13-4-2-3-11(7-13)15-19-20-21-22(15)14-5-6-14;/h2-4,7,10,12,14,17H,5-6,8-9H2,1H3,(H,18,23);1H. The van der Waals surface area contributed by atoms with Crippen molar-refractivity contribution in [3.05, 3.63) is 24.3 Å². The van der Waals surface area contributed by atoms with Gasteiger partial charge < -0.3 is 10.6 Å². The lowest BCUT2D eigenvalue weighted by molar-refractivity contribution is -0.121. The highest BCUT2D eigenvalue weighted by Crippen LogP contribution is 2.36. The van der Waals surface area contributed by atoms with E-state index in [1.165, 1.54) is 0 Å². The fourth-order valence-corrected chi connectivity index (χ4v) is 2.82. The van der Waals surface area contributed by atoms with Crippen LogP contribution in [0.2, 0.25) is 0 Å². The van der Waals surface area contributed by atoms with Gasteiger partial charge in [0.1, 0.15) is 0 Å². The number of carbonyl (C=O) groups is 1. The van der Waals surface area contributed by atoms with Crippen molar-refractivity contribution in [2.24, 2.45) is 11.8 Å². The lowest BCUT2D eigenvalue weighted by Crippen LogP contribution is -2.48. The minimum Gasteiger partial charge on any atom is -0.326 e. The number of amides is 1. The first-order valence-corrected chi connectivity index (χ1v) is 8.12. The number of nitrogens with zero attached hydrogens (tertiary/aromatic N) is 4. The van der Waals surface area contributed by atoms with Crippen LogP contribution in [0.15, 0.2) is 24.3 Å². The Bertz CT molecular complexity index is 725. The minimum absolute atomic E-state index is 0. The summed E-state index contributed by atoms with van der Waals surface area (Å²) in [6.45, 7) is 3.83. The molecule has 0 spiro atoms. The van der Waals surface area contributed by atoms with Crippen LogP contribution < -0.4 is 10.6 Å². The van der Waals surface area contributed by atoms with Crippen LogP contribution in [-0.2, 0) is 4.79 Å². The summed E-state index contributed by atoms with van der Waals surface area (Å²) in [5, 5.41) is 18.2. The maximum absolute atomic E-state index is 12.3. The van der Waals surface area contributed by atoms with Gasteiger partial charge in [0.05, 0.1) is 6.04 Å². The molecule has 1 saturated heterocycles. The fraction of sp³-hybridized carbons (Fsp3) is 0.500. The largest absolute Gasteiger partial charge is 0.326 e. The first kappa shape index (κ1) is 16.9. The lowest BCUT2D eigenvalue weighted by atomic mass is 9.88. The van der Waals surface area contributed by atoms with Gasteiger partial charge in [0.2, 0.25) is 5.91 Å². The van der Waals surface area contributed by atoms with Crippen molar-refractivity contribution in [1.29, 1.82) is 0 Å². The summed E-state index contributed by atoms with van der Waals surface area (Å²) >= 11 is 0. The monoisotopic (exact) mass is 348 g/mol. The van der Waals surface area contributed by atoms with Crippen molar-refractivity contribution >= 4 is 24.0 Å². The van der Waals surface area contributed by atoms with Crippen molar-refractivity contribution in [2.45, 2.75) is 25.8 Å². The number of nitrogens with one attached hydrogen (secondary N) is 2. The molecule has 1 aliphatic heterocycles. The number of carbonyl (C=O) groups excluding carboxylic acids is 1. The van der Waals surface area contributed by atoms with E-state index in [-0.39, 0.29) is 24.2 Å². The van der Waals surface area contributed by atoms with E-state index in [1.54, 1.807) is 0 Å². The molecule has 8 heteroatoms. The first-order valence-electron chi connectivity index (χ1n) is 8.12. The third-order valence-electron chi connectivity index (χ3n) is 4.71. The average Bonchev–Trinajstić information content (AvgIpc) is 3.22. The maximum atomic E-state index is 12.3. The summed E-state index contributed by atoms with van der Waals surface area (Å²) in [5.41, 5.74) is 1.72. The third-order valence-corrected chi connectivity index (χ3v) is 4.71. The van der Waals surface area contributed by atoms with Crippen molar-refractivity contribution in [1.82, 2.24) is 25.5 Å². The molecule has 2 aliphatic rings. The van der Waals surface area contributed by atoms with Crippen LogP contribution in [0.3, 0.4) is 0 Å². The van der Waals surface area contributed by atoms with Gasteiger partial charge in [0.15, 0.2) is 5.82 Å². The quantitative estimate of drug-likeness (QED) is 0.862. The summed E-state index contributed by atoms with van der Waals surface area (Å²) in [5.74, 6) is 1.27. The van der Waals surface area contributed by atoms with Crippen molar-refractivity contribution in [3.63, 3.8) is 0 Å². The first-order chi connectivity index (χ1) is 11.2. The second-order valence-electron chi connectivity index (χ2n) is 6.46. The Morgan fingerprint density at radius 2 is 2.17 bits per heavy atom. The fourth-order valence-electron chi connectivity index (χ4n) is 2.82. The van der Waals surface area contributed by atoms with Crippen LogP contribution in [0, 0.1) is 11.8 Å². The van der Waals surface area contributed by atoms with Gasteiger partial charge >= 0.3 is 0 Å². The molecule has 24 heavy (non-hydrogen) atoms. The molecule has 1 unspecified atom stereocenters. The molecular formula is C16H21ClN6O. The zero-order chi connectivity index (χ0) is 15.8. The smallest absolute Gasteiger partial charge is 0.227 e. The molecule has 2 fully saturated rings. The maximum Gasteiger partial charge on any atom is 0.227 e. The van der Waals surface area contributed by atoms with E-state index < -0.39 is 0 Å². The molecule has 128 valence electrons. The van der Waals surface area contributed by atoms with Gasteiger partial charge in [-0.1, -0.05) is 19.1 Å². The van der Waals surface area contributed by atoms with E-state index in [2.05, 4.69) is 26.2 Å². The SMILES string of the molecule is CC(C(=O)Nc1cccc(-c2nnnn2C2CC2)c1)C1CNC1.Cl. The number of benzene rings is 1. The van der Waals surface area contributed by atoms with Crippen LogP contribution in [0.4, 0.5) is 5.69 Å². The molecule has 0 radical (unpaired) electrons. The predicted octanol–water partition coefficient (Wildman–Crippen LogP) is 1.89. The van der Waals surface area contributed by atoms with E-state index >= 15 is 0 Å². The predicted molar refractivity (Wildman–Crippen MR) is 92.9 cm³/mol. The number of rotatable bonds is 5. The number of anilines is 1. The van der Waals surface area contributed by atoms with Crippen molar-refractivity contribution < 1.29 is 4.79 Å². The summed E-state index contributed by atoms with van der Waals surface area (Å²) in [6.07, 6.45) is 2.25. The molecule has 2 N–H and O–H groups in total. The van der Waals surface area contributed by atoms with E-state index in [9.17, 15) is 4.79 Å². The number of tetrazole rings is 1. The molecule has 0 bridgehead atoms. The van der Waals surface area contributed by atoms with Gasteiger partial charge in [-0.05, 0) is 54.4 Å². The van der Waals surface area contributed by atoms with Gasteiger partial charge in [-0.3, -0.25) is 4.79 Å². The Balaban J connectivity index is 0.00000169. The zero-order valence-corrected chi connectivity index (χ0v) is 14.3. The molecule has 2 heterocycles. The topological polar surface area (TPSA) is 84.7 Å². The summed E-state index contributed by atoms with van der Waals surface area (Å²) < 4.78 is 1.88. The van der Waals surface area contributed by atoms with Gasteiger partial charge in [-0.25, -0.2) is 4.68 Å². The molecule has 1 aliphatic carbocycles. The van der Waals surface area contributed by atoms with E-state index in [4.69, 9.17) is 0 Å². The lowest BCUT2D eigenvalue weighted by Gasteiger charge is -2.31. The Kier molecular flexibility index (Phi) is 4.82. The van der Waals surface area contributed by atoms with E-state index in [0.29, 0.717) is 12.0 Å². The van der Waals surface area contributed by atoms with Gasteiger partial charge in [0.25, 0.3) is 0 Å². The Morgan fingerprint density at radius 3 is 2.83 bits per heavy atom. The average molecular weight is 349 g/mol. The Labute approximate surface area is 146 Å². The highest BCUT2D eigenvalue weighted by atomic mass is 35.5. The summed E-state index contributed by atoms with van der Waals surface area (Å²) in [6, 6.07) is 8.16. The zero-order valence-electron chi connectivity index (χ0n) is 13.5. The highest BCUT2D eigenvalue weighted by Gasteiger charge is 2.29. The van der Waals surface area contributed by atoms with Gasteiger partial charge in [-0.15, -0.1) is 17.5 Å². The molecule has 4 rings (SSSR count). The van der Waals surface area contributed by atoms with E-state index in [1.807, 2.05) is 35.9 Å². The van der Waals surface area contributed by atoms with Crippen LogP contribution >= 0.6 is 12.4 Å². The van der Waals surface area contributed by atoms with Gasteiger partial charge in [0, 0.05) is 17.2 Å². The Morgan fingerprint density at radius 1 is 1.38 bits per heavy atom. The summed E-state index contributed by atoms with van der Waals surface area (Å²) in [4.78, 5) is 12.3. The second-order valence-corrected chi connectivity index (χ2v) is 6.46. The van der Waals surface area contributed by atoms with Crippen LogP contribution in [0.5, 0.6) is 0 Å². The molecule has 1 saturated carbocycles. The highest BCUT2D eigenvalue weighted by molar-refractivity contribution is 5.93. The number of hydrogen-bond acceptors (Lipinski definition) is 5. The third kappa shape index (κ3) is 3.27. The normalized spacial score (nSPS) is 18.4. The molecule has 1 amide bonds. The second kappa shape index (κ2) is 6.86. The van der Waals surface area contributed by atoms with Crippen LogP contribution in [0.25, 0.3) is 11.4 Å². The molecule has 7 nitrogen and oxygen atoms in total. The Hall–Kier alpha value is -1.99. The molecule has 1 atom stereocenters. The van der Waals surface area contributed by atoms with Crippen molar-refractivity contribution in [2.75, 3.05) is 18.4 Å². The minimum atomic E-state index is 0. The molecular weight excluding hydrogens is 328 g/mol. The molecule has 1 aromatic carbocycles. The number of halogens is 1. The van der Waals surface area contributed by atoms with Crippen LogP contribution in [-0.4, -0.2) is 39.2 Å². The number of aromatic nitrogens is 4. The molecule has 1 aromatic heterocycles. The van der Waals surface area contributed by atoms with Crippen LogP contribution in [0.1, 0.15) is 25.8 Å². The van der Waals surface area contributed by atoms with E-state index in [0.717, 1.165) is 43.0 Å². The van der Waals surface area contributed by atoms with Gasteiger partial charge in [-0.2, -0.15) is 0 Å².